The minimum Gasteiger partial charge on any atom is -0.457 e. The van der Waals surface area contributed by atoms with Crippen LogP contribution in [0.4, 0.5) is 4.39 Å². The van der Waals surface area contributed by atoms with E-state index >= 15 is 0 Å². The van der Waals surface area contributed by atoms with Gasteiger partial charge in [0.15, 0.2) is 0 Å². The van der Waals surface area contributed by atoms with E-state index in [4.69, 9.17) is 4.74 Å². The number of halogens is 1. The lowest BCUT2D eigenvalue weighted by atomic mass is 9.87. The topological polar surface area (TPSA) is 21.3 Å². The molecule has 0 unspecified atom stereocenters. The second kappa shape index (κ2) is 5.86. The molecule has 0 amide bonds. The maximum atomic E-state index is 13.1. The molecule has 0 radical (unpaired) electrons. The first kappa shape index (κ1) is 14.1. The van der Waals surface area contributed by atoms with Crippen LogP contribution in [0.3, 0.4) is 0 Å². The van der Waals surface area contributed by atoms with Crippen molar-refractivity contribution in [1.29, 1.82) is 0 Å². The van der Waals surface area contributed by atoms with Crippen LogP contribution in [0.1, 0.15) is 35.6 Å². The molecular formula is C18H20FNO. The molecule has 1 N–H and O–H groups in total. The smallest absolute Gasteiger partial charge is 0.130 e. The number of rotatable bonds is 3. The molecule has 2 nitrogen and oxygen atoms in total. The van der Waals surface area contributed by atoms with Crippen molar-refractivity contribution < 1.29 is 9.13 Å². The monoisotopic (exact) mass is 285 g/mol. The molecule has 0 saturated carbocycles. The molecule has 2 aromatic rings. The van der Waals surface area contributed by atoms with Crippen LogP contribution in [0.25, 0.3) is 0 Å². The Morgan fingerprint density at radius 1 is 1.19 bits per heavy atom. The molecule has 0 bridgehead atoms. The normalized spacial score (nSPS) is 17.4. The largest absolute Gasteiger partial charge is 0.457 e. The molecule has 0 spiro atoms. The number of ether oxygens (including phenoxy) is 1. The quantitative estimate of drug-likeness (QED) is 0.895. The third-order valence-corrected chi connectivity index (χ3v) is 4.14. The van der Waals surface area contributed by atoms with Crippen molar-refractivity contribution in [3.8, 4) is 11.5 Å². The zero-order chi connectivity index (χ0) is 14.8. The third kappa shape index (κ3) is 2.93. The maximum Gasteiger partial charge on any atom is 0.130 e. The van der Waals surface area contributed by atoms with Gasteiger partial charge in [0.2, 0.25) is 0 Å². The Bertz CT molecular complexity index is 654. The van der Waals surface area contributed by atoms with Gasteiger partial charge in [-0.2, -0.15) is 0 Å². The van der Waals surface area contributed by atoms with Gasteiger partial charge in [-0.25, -0.2) is 4.39 Å². The summed E-state index contributed by atoms with van der Waals surface area (Å²) in [5.41, 5.74) is 3.52. The van der Waals surface area contributed by atoms with Gasteiger partial charge in [-0.15, -0.1) is 0 Å². The summed E-state index contributed by atoms with van der Waals surface area (Å²) in [6.45, 7) is 1.86. The zero-order valence-electron chi connectivity index (χ0n) is 12.4. The van der Waals surface area contributed by atoms with Crippen LogP contribution in [-0.4, -0.2) is 7.05 Å². The highest BCUT2D eigenvalue weighted by Gasteiger charge is 2.19. The van der Waals surface area contributed by atoms with E-state index in [-0.39, 0.29) is 5.82 Å². The van der Waals surface area contributed by atoms with Crippen molar-refractivity contribution in [2.45, 2.75) is 32.2 Å². The number of hydrogen-bond acceptors (Lipinski definition) is 2. The lowest BCUT2D eigenvalue weighted by Crippen LogP contribution is -2.21. The predicted molar refractivity (Wildman–Crippen MR) is 82.4 cm³/mol. The first-order chi connectivity index (χ1) is 10.2. The van der Waals surface area contributed by atoms with Crippen molar-refractivity contribution in [3.63, 3.8) is 0 Å². The molecule has 1 aliphatic rings. The predicted octanol–water partition coefficient (Wildman–Crippen LogP) is 4.52. The molecule has 0 aliphatic heterocycles. The van der Waals surface area contributed by atoms with Gasteiger partial charge in [-0.3, -0.25) is 0 Å². The van der Waals surface area contributed by atoms with Gasteiger partial charge in [0.1, 0.15) is 17.3 Å². The highest BCUT2D eigenvalue weighted by Crippen LogP contribution is 2.34. The summed E-state index contributed by atoms with van der Waals surface area (Å²) in [6, 6.07) is 11.3. The summed E-state index contributed by atoms with van der Waals surface area (Å²) in [7, 11) is 2.01. The fraction of sp³-hybridized carbons (Fsp3) is 0.333. The molecule has 0 saturated heterocycles. The molecule has 1 atom stereocenters. The first-order valence-electron chi connectivity index (χ1n) is 7.41. The summed E-state index contributed by atoms with van der Waals surface area (Å²) < 4.78 is 19.0. The van der Waals surface area contributed by atoms with Gasteiger partial charge < -0.3 is 10.1 Å². The summed E-state index contributed by atoms with van der Waals surface area (Å²) in [4.78, 5) is 0. The molecule has 21 heavy (non-hydrogen) atoms. The summed E-state index contributed by atoms with van der Waals surface area (Å²) in [5, 5.41) is 3.36. The number of benzene rings is 2. The van der Waals surface area contributed by atoms with Crippen LogP contribution in [-0.2, 0) is 6.42 Å². The molecule has 1 aliphatic carbocycles. The van der Waals surface area contributed by atoms with Gasteiger partial charge >= 0.3 is 0 Å². The van der Waals surface area contributed by atoms with Crippen molar-refractivity contribution in [3.05, 3.63) is 58.9 Å². The Kier molecular flexibility index (Phi) is 3.93. The second-order valence-electron chi connectivity index (χ2n) is 5.61. The van der Waals surface area contributed by atoms with E-state index in [1.54, 1.807) is 6.07 Å². The zero-order valence-corrected chi connectivity index (χ0v) is 12.4. The lowest BCUT2D eigenvalue weighted by Gasteiger charge is -2.25. The Morgan fingerprint density at radius 2 is 2.05 bits per heavy atom. The van der Waals surface area contributed by atoms with E-state index < -0.39 is 0 Å². The molecular weight excluding hydrogens is 265 g/mol. The van der Waals surface area contributed by atoms with Crippen LogP contribution in [0, 0.1) is 12.7 Å². The minimum absolute atomic E-state index is 0.234. The van der Waals surface area contributed by atoms with Crippen LogP contribution >= 0.6 is 0 Å². The Hall–Kier alpha value is -1.87. The van der Waals surface area contributed by atoms with Crippen LogP contribution in [0.2, 0.25) is 0 Å². The molecule has 3 heteroatoms. The average molecular weight is 285 g/mol. The van der Waals surface area contributed by atoms with E-state index in [0.29, 0.717) is 11.8 Å². The van der Waals surface area contributed by atoms with Crippen molar-refractivity contribution in [2.75, 3.05) is 7.05 Å². The van der Waals surface area contributed by atoms with E-state index in [2.05, 4.69) is 17.4 Å². The highest BCUT2D eigenvalue weighted by molar-refractivity contribution is 5.42. The second-order valence-corrected chi connectivity index (χ2v) is 5.61. The molecule has 110 valence electrons. The van der Waals surface area contributed by atoms with Crippen LogP contribution < -0.4 is 10.1 Å². The third-order valence-electron chi connectivity index (χ3n) is 4.14. The molecule has 0 aromatic heterocycles. The lowest BCUT2D eigenvalue weighted by molar-refractivity contribution is 0.467. The number of hydrogen-bond donors (Lipinski definition) is 1. The van der Waals surface area contributed by atoms with E-state index in [1.165, 1.54) is 36.1 Å². The summed E-state index contributed by atoms with van der Waals surface area (Å²) in [5.74, 6) is 1.29. The molecule has 3 rings (SSSR count). The SMILES string of the molecule is CN[C@@H]1CCCc2cc(Oc3ccc(F)cc3C)ccc21. The number of fused-ring (bicyclic) bond motifs is 1. The Labute approximate surface area is 125 Å². The Morgan fingerprint density at radius 3 is 2.81 bits per heavy atom. The van der Waals surface area contributed by atoms with E-state index in [1.807, 2.05) is 20.0 Å². The van der Waals surface area contributed by atoms with Crippen molar-refractivity contribution in [2.24, 2.45) is 0 Å². The molecule has 0 heterocycles. The van der Waals surface area contributed by atoms with Crippen LogP contribution in [0.15, 0.2) is 36.4 Å². The minimum atomic E-state index is -0.234. The summed E-state index contributed by atoms with van der Waals surface area (Å²) in [6.07, 6.45) is 3.46. The average Bonchev–Trinajstić information content (AvgIpc) is 2.49. The first-order valence-corrected chi connectivity index (χ1v) is 7.41. The standard InChI is InChI=1S/C18H20FNO/c1-12-10-14(19)6-9-18(12)21-15-7-8-16-13(11-15)4-3-5-17(16)20-2/h6-11,17,20H,3-5H2,1-2H3/t17-/m1/s1. The summed E-state index contributed by atoms with van der Waals surface area (Å²) >= 11 is 0. The van der Waals surface area contributed by atoms with Crippen LogP contribution in [0.5, 0.6) is 11.5 Å². The van der Waals surface area contributed by atoms with E-state index in [9.17, 15) is 4.39 Å². The Balaban J connectivity index is 1.87. The highest BCUT2D eigenvalue weighted by atomic mass is 19.1. The van der Waals surface area contributed by atoms with Gasteiger partial charge in [0, 0.05) is 6.04 Å². The van der Waals surface area contributed by atoms with Gasteiger partial charge in [-0.05, 0) is 80.3 Å². The fourth-order valence-corrected chi connectivity index (χ4v) is 3.01. The number of aryl methyl sites for hydroxylation is 2. The fourth-order valence-electron chi connectivity index (χ4n) is 3.01. The maximum absolute atomic E-state index is 13.1. The van der Waals surface area contributed by atoms with Gasteiger partial charge in [0.05, 0.1) is 0 Å². The molecule has 2 aromatic carbocycles. The van der Waals surface area contributed by atoms with Gasteiger partial charge in [0.25, 0.3) is 0 Å². The van der Waals surface area contributed by atoms with E-state index in [0.717, 1.165) is 17.7 Å². The van der Waals surface area contributed by atoms with Crippen molar-refractivity contribution in [1.82, 2.24) is 5.32 Å². The number of nitrogens with one attached hydrogen (secondary N) is 1. The molecule has 0 fully saturated rings. The van der Waals surface area contributed by atoms with Crippen molar-refractivity contribution >= 4 is 0 Å². The van der Waals surface area contributed by atoms with Gasteiger partial charge in [-0.1, -0.05) is 6.07 Å².